The minimum absolute atomic E-state index is 0.388. The maximum atomic E-state index is 5.55. The SMILES string of the molecule is COC(CCN)C1CCN(C)CC1. The van der Waals surface area contributed by atoms with Gasteiger partial charge in [0.25, 0.3) is 0 Å². The molecule has 0 aromatic carbocycles. The van der Waals surface area contributed by atoms with Crippen LogP contribution in [-0.4, -0.2) is 44.8 Å². The molecule has 1 rings (SSSR count). The third-order valence-corrected chi connectivity index (χ3v) is 3.04. The maximum Gasteiger partial charge on any atom is 0.0612 e. The zero-order valence-electron chi connectivity index (χ0n) is 8.83. The second-order valence-electron chi connectivity index (χ2n) is 3.99. The summed E-state index contributed by atoms with van der Waals surface area (Å²) in [4.78, 5) is 2.38. The predicted octanol–water partition coefficient (Wildman–Crippen LogP) is 0.692. The Hall–Kier alpha value is -0.120. The van der Waals surface area contributed by atoms with E-state index in [4.69, 9.17) is 10.5 Å². The molecule has 0 radical (unpaired) electrons. The molecule has 1 fully saturated rings. The molecule has 3 heteroatoms. The molecule has 78 valence electrons. The van der Waals surface area contributed by atoms with E-state index in [-0.39, 0.29) is 0 Å². The lowest BCUT2D eigenvalue weighted by Crippen LogP contribution is -2.37. The van der Waals surface area contributed by atoms with Crippen molar-refractivity contribution in [2.45, 2.75) is 25.4 Å². The Morgan fingerprint density at radius 2 is 2.08 bits per heavy atom. The molecule has 2 N–H and O–H groups in total. The second kappa shape index (κ2) is 5.58. The molecular weight excluding hydrogens is 164 g/mol. The summed E-state index contributed by atoms with van der Waals surface area (Å²) in [5.74, 6) is 0.727. The van der Waals surface area contributed by atoms with Crippen molar-refractivity contribution in [3.05, 3.63) is 0 Å². The van der Waals surface area contributed by atoms with Crippen molar-refractivity contribution in [3.8, 4) is 0 Å². The number of nitrogens with two attached hydrogens (primary N) is 1. The lowest BCUT2D eigenvalue weighted by atomic mass is 9.90. The van der Waals surface area contributed by atoms with E-state index in [0.29, 0.717) is 6.10 Å². The highest BCUT2D eigenvalue weighted by atomic mass is 16.5. The van der Waals surface area contributed by atoms with Crippen LogP contribution in [0, 0.1) is 5.92 Å². The standard InChI is InChI=1S/C10H22N2O/c1-12-7-4-9(5-8-12)10(13-2)3-6-11/h9-10H,3-8,11H2,1-2H3. The van der Waals surface area contributed by atoms with Gasteiger partial charge in [-0.25, -0.2) is 0 Å². The van der Waals surface area contributed by atoms with E-state index < -0.39 is 0 Å². The van der Waals surface area contributed by atoms with E-state index in [1.54, 1.807) is 7.11 Å². The van der Waals surface area contributed by atoms with Gasteiger partial charge in [-0.05, 0) is 51.9 Å². The number of hydrogen-bond donors (Lipinski definition) is 1. The van der Waals surface area contributed by atoms with Crippen molar-refractivity contribution >= 4 is 0 Å². The molecule has 0 aliphatic carbocycles. The Labute approximate surface area is 81.2 Å². The Kier molecular flexibility index (Phi) is 4.70. The van der Waals surface area contributed by atoms with Gasteiger partial charge in [-0.1, -0.05) is 0 Å². The van der Waals surface area contributed by atoms with Gasteiger partial charge in [-0.3, -0.25) is 0 Å². The first-order chi connectivity index (χ1) is 6.27. The van der Waals surface area contributed by atoms with Gasteiger partial charge in [-0.15, -0.1) is 0 Å². The van der Waals surface area contributed by atoms with Crippen LogP contribution in [-0.2, 0) is 4.74 Å². The quantitative estimate of drug-likeness (QED) is 0.702. The number of hydrogen-bond acceptors (Lipinski definition) is 3. The first-order valence-electron chi connectivity index (χ1n) is 5.19. The lowest BCUT2D eigenvalue weighted by molar-refractivity contribution is 0.0216. The zero-order valence-corrected chi connectivity index (χ0v) is 8.83. The van der Waals surface area contributed by atoms with Gasteiger partial charge in [0.1, 0.15) is 0 Å². The number of rotatable bonds is 4. The van der Waals surface area contributed by atoms with Crippen molar-refractivity contribution < 1.29 is 4.74 Å². The van der Waals surface area contributed by atoms with E-state index in [2.05, 4.69) is 11.9 Å². The summed E-state index contributed by atoms with van der Waals surface area (Å²) in [6.45, 7) is 3.15. The van der Waals surface area contributed by atoms with E-state index >= 15 is 0 Å². The Morgan fingerprint density at radius 1 is 1.46 bits per heavy atom. The van der Waals surface area contributed by atoms with Gasteiger partial charge < -0.3 is 15.4 Å². The van der Waals surface area contributed by atoms with Gasteiger partial charge in [0.2, 0.25) is 0 Å². The molecule has 0 bridgehead atoms. The van der Waals surface area contributed by atoms with Crippen molar-refractivity contribution in [1.82, 2.24) is 4.90 Å². The van der Waals surface area contributed by atoms with Crippen LogP contribution >= 0.6 is 0 Å². The Bertz CT molecular complexity index is 133. The van der Waals surface area contributed by atoms with Crippen LogP contribution in [0.3, 0.4) is 0 Å². The van der Waals surface area contributed by atoms with Gasteiger partial charge in [0.15, 0.2) is 0 Å². The molecule has 0 aromatic rings. The van der Waals surface area contributed by atoms with Crippen LogP contribution in [0.15, 0.2) is 0 Å². The summed E-state index contributed by atoms with van der Waals surface area (Å²) in [5, 5.41) is 0. The van der Waals surface area contributed by atoms with Crippen LogP contribution in [0.5, 0.6) is 0 Å². The molecule has 0 spiro atoms. The number of methoxy groups -OCH3 is 1. The van der Waals surface area contributed by atoms with E-state index in [9.17, 15) is 0 Å². The van der Waals surface area contributed by atoms with Crippen molar-refractivity contribution in [2.24, 2.45) is 11.7 Å². The van der Waals surface area contributed by atoms with Crippen LogP contribution in [0.4, 0.5) is 0 Å². The fourth-order valence-electron chi connectivity index (χ4n) is 2.11. The monoisotopic (exact) mass is 186 g/mol. The number of nitrogens with zero attached hydrogens (tertiary/aromatic N) is 1. The Balaban J connectivity index is 2.32. The summed E-state index contributed by atoms with van der Waals surface area (Å²) < 4.78 is 5.47. The third-order valence-electron chi connectivity index (χ3n) is 3.04. The highest BCUT2D eigenvalue weighted by Crippen LogP contribution is 2.23. The average molecular weight is 186 g/mol. The average Bonchev–Trinajstić information content (AvgIpc) is 2.16. The predicted molar refractivity (Wildman–Crippen MR) is 54.7 cm³/mol. The molecule has 0 amide bonds. The second-order valence-corrected chi connectivity index (χ2v) is 3.99. The van der Waals surface area contributed by atoms with Gasteiger partial charge >= 0.3 is 0 Å². The van der Waals surface area contributed by atoms with Crippen molar-refractivity contribution in [1.29, 1.82) is 0 Å². The number of ether oxygens (including phenoxy) is 1. The van der Waals surface area contributed by atoms with E-state index in [0.717, 1.165) is 18.9 Å². The first kappa shape index (κ1) is 11.0. The van der Waals surface area contributed by atoms with Crippen LogP contribution in [0.25, 0.3) is 0 Å². The fraction of sp³-hybridized carbons (Fsp3) is 1.00. The summed E-state index contributed by atoms with van der Waals surface area (Å²) in [6, 6.07) is 0. The molecule has 1 saturated heterocycles. The molecule has 1 unspecified atom stereocenters. The first-order valence-corrected chi connectivity index (χ1v) is 5.19. The van der Waals surface area contributed by atoms with E-state index in [1.807, 2.05) is 0 Å². The molecule has 13 heavy (non-hydrogen) atoms. The third kappa shape index (κ3) is 3.25. The molecular formula is C10H22N2O. The topological polar surface area (TPSA) is 38.5 Å². The van der Waals surface area contributed by atoms with E-state index in [1.165, 1.54) is 25.9 Å². The van der Waals surface area contributed by atoms with Crippen LogP contribution in [0.2, 0.25) is 0 Å². The minimum atomic E-state index is 0.388. The number of likely N-dealkylation sites (tertiary alicyclic amines) is 1. The molecule has 1 aliphatic rings. The maximum absolute atomic E-state index is 5.55. The normalized spacial score (nSPS) is 23.3. The van der Waals surface area contributed by atoms with Crippen molar-refractivity contribution in [3.63, 3.8) is 0 Å². The molecule has 0 aromatic heterocycles. The molecule has 0 saturated carbocycles. The summed E-state index contributed by atoms with van der Waals surface area (Å²) in [7, 11) is 3.99. The number of piperidine rings is 1. The van der Waals surface area contributed by atoms with Gasteiger partial charge in [0, 0.05) is 7.11 Å². The van der Waals surface area contributed by atoms with Gasteiger partial charge in [0.05, 0.1) is 6.10 Å². The van der Waals surface area contributed by atoms with Crippen LogP contribution < -0.4 is 5.73 Å². The zero-order chi connectivity index (χ0) is 9.68. The lowest BCUT2D eigenvalue weighted by Gasteiger charge is -2.33. The molecule has 3 nitrogen and oxygen atoms in total. The van der Waals surface area contributed by atoms with Crippen molar-refractivity contribution in [2.75, 3.05) is 33.8 Å². The summed E-state index contributed by atoms with van der Waals surface area (Å²) in [5.41, 5.74) is 5.55. The van der Waals surface area contributed by atoms with Gasteiger partial charge in [-0.2, -0.15) is 0 Å². The molecule has 1 aliphatic heterocycles. The van der Waals surface area contributed by atoms with Crippen LogP contribution in [0.1, 0.15) is 19.3 Å². The largest absolute Gasteiger partial charge is 0.381 e. The minimum Gasteiger partial charge on any atom is -0.381 e. The highest BCUT2D eigenvalue weighted by molar-refractivity contribution is 4.77. The molecule has 1 atom stereocenters. The summed E-state index contributed by atoms with van der Waals surface area (Å²) >= 11 is 0. The highest BCUT2D eigenvalue weighted by Gasteiger charge is 2.24. The summed E-state index contributed by atoms with van der Waals surface area (Å²) in [6.07, 6.45) is 3.91. The molecule has 1 heterocycles. The smallest absolute Gasteiger partial charge is 0.0612 e. The Morgan fingerprint density at radius 3 is 2.54 bits per heavy atom. The fourth-order valence-corrected chi connectivity index (χ4v) is 2.11.